The van der Waals surface area contributed by atoms with Crippen molar-refractivity contribution in [1.29, 1.82) is 0 Å². The summed E-state index contributed by atoms with van der Waals surface area (Å²) in [6.45, 7) is 8.96. The molecule has 2 nitrogen and oxygen atoms in total. The Kier molecular flexibility index (Phi) is 4.89. The summed E-state index contributed by atoms with van der Waals surface area (Å²) in [6, 6.07) is 3.80. The van der Waals surface area contributed by atoms with Crippen molar-refractivity contribution in [3.63, 3.8) is 0 Å². The lowest BCUT2D eigenvalue weighted by molar-refractivity contribution is -0.115. The van der Waals surface area contributed by atoms with Crippen LogP contribution < -0.4 is 5.32 Å². The second-order valence-electron chi connectivity index (χ2n) is 7.33. The molecular formula is C17H23Cl2NO. The fourth-order valence-electron chi connectivity index (χ4n) is 3.12. The highest BCUT2D eigenvalue weighted by Gasteiger charge is 2.24. The number of carbonyl (C=O) groups excluding carboxylic acids is 1. The first-order valence-corrected chi connectivity index (χ1v) is 8.23. The van der Waals surface area contributed by atoms with Gasteiger partial charge in [-0.05, 0) is 41.4 Å². The molecule has 0 aromatic heterocycles. The lowest BCUT2D eigenvalue weighted by Crippen LogP contribution is -2.12. The van der Waals surface area contributed by atoms with Gasteiger partial charge >= 0.3 is 0 Å². The number of rotatable bonds is 4. The largest absolute Gasteiger partial charge is 0.325 e. The van der Waals surface area contributed by atoms with Gasteiger partial charge in [-0.2, -0.15) is 0 Å². The molecule has 1 N–H and O–H groups in total. The number of halogens is 2. The molecule has 2 unspecified atom stereocenters. The van der Waals surface area contributed by atoms with Gasteiger partial charge in [-0.25, -0.2) is 0 Å². The molecule has 0 radical (unpaired) electrons. The van der Waals surface area contributed by atoms with Crippen LogP contribution in [0.25, 0.3) is 0 Å². The minimum Gasteiger partial charge on any atom is -0.325 e. The molecule has 1 aromatic rings. The first kappa shape index (κ1) is 16.6. The molecule has 0 spiro atoms. The monoisotopic (exact) mass is 327 g/mol. The summed E-state index contributed by atoms with van der Waals surface area (Å²) in [5.41, 5.74) is 3.05. The lowest BCUT2D eigenvalue weighted by Gasteiger charge is -2.25. The third-order valence-electron chi connectivity index (χ3n) is 3.76. The van der Waals surface area contributed by atoms with Gasteiger partial charge in [0.15, 0.2) is 0 Å². The molecular weight excluding hydrogens is 305 g/mol. The average molecular weight is 328 g/mol. The van der Waals surface area contributed by atoms with E-state index in [9.17, 15) is 4.79 Å². The summed E-state index contributed by atoms with van der Waals surface area (Å²) in [5, 5.41) is 3.33. The second kappa shape index (κ2) is 6.18. The highest BCUT2D eigenvalue weighted by Crippen LogP contribution is 2.39. The molecule has 4 heteroatoms. The van der Waals surface area contributed by atoms with E-state index in [1.54, 1.807) is 0 Å². The quantitative estimate of drug-likeness (QED) is 0.719. The van der Waals surface area contributed by atoms with Crippen LogP contribution in [-0.4, -0.2) is 5.91 Å². The van der Waals surface area contributed by atoms with Gasteiger partial charge in [0.2, 0.25) is 5.91 Å². The molecule has 21 heavy (non-hydrogen) atoms. The van der Waals surface area contributed by atoms with E-state index < -0.39 is 0 Å². The van der Waals surface area contributed by atoms with E-state index in [2.05, 4.69) is 33.0 Å². The van der Waals surface area contributed by atoms with Gasteiger partial charge in [-0.3, -0.25) is 4.79 Å². The van der Waals surface area contributed by atoms with Crippen LogP contribution in [0.2, 0.25) is 5.02 Å². The molecule has 116 valence electrons. The Morgan fingerprint density at radius 1 is 1.33 bits per heavy atom. The SMILES string of the molecule is CC(CC(Cl)c1cc2c(cc1Cl)NC(=O)C2)CC(C)(C)C. The zero-order valence-corrected chi connectivity index (χ0v) is 14.6. The molecule has 2 atom stereocenters. The number of fused-ring (bicyclic) bond motifs is 1. The Hall–Kier alpha value is -0.730. The molecule has 1 aromatic carbocycles. The summed E-state index contributed by atoms with van der Waals surface area (Å²) in [7, 11) is 0. The van der Waals surface area contributed by atoms with Crippen molar-refractivity contribution in [2.24, 2.45) is 11.3 Å². The molecule has 0 saturated carbocycles. The van der Waals surface area contributed by atoms with Gasteiger partial charge in [0.05, 0.1) is 11.8 Å². The number of hydrogen-bond donors (Lipinski definition) is 1. The van der Waals surface area contributed by atoms with Crippen molar-refractivity contribution in [2.45, 2.75) is 52.3 Å². The van der Waals surface area contributed by atoms with Crippen LogP contribution in [-0.2, 0) is 11.2 Å². The topological polar surface area (TPSA) is 29.1 Å². The lowest BCUT2D eigenvalue weighted by atomic mass is 9.83. The molecule has 2 rings (SSSR count). The van der Waals surface area contributed by atoms with Crippen LogP contribution in [0.15, 0.2) is 12.1 Å². The number of alkyl halides is 1. The molecule has 0 saturated heterocycles. The number of nitrogens with one attached hydrogen (secondary N) is 1. The minimum atomic E-state index is -0.115. The van der Waals surface area contributed by atoms with Gasteiger partial charge < -0.3 is 5.32 Å². The van der Waals surface area contributed by atoms with E-state index in [0.717, 1.165) is 29.7 Å². The Bertz CT molecular complexity index is 548. The van der Waals surface area contributed by atoms with Crippen LogP contribution in [0.3, 0.4) is 0 Å². The summed E-state index contributed by atoms with van der Waals surface area (Å²) < 4.78 is 0. The van der Waals surface area contributed by atoms with Gasteiger partial charge in [0, 0.05) is 10.7 Å². The zero-order valence-electron chi connectivity index (χ0n) is 13.1. The molecule has 0 aliphatic carbocycles. The van der Waals surface area contributed by atoms with Gasteiger partial charge in [0.25, 0.3) is 0 Å². The Labute approximate surface area is 137 Å². The number of amides is 1. The predicted molar refractivity (Wildman–Crippen MR) is 90.2 cm³/mol. The third kappa shape index (κ3) is 4.37. The van der Waals surface area contributed by atoms with Crippen LogP contribution >= 0.6 is 23.2 Å². The van der Waals surface area contributed by atoms with Crippen molar-refractivity contribution in [3.05, 3.63) is 28.3 Å². The van der Waals surface area contributed by atoms with E-state index in [0.29, 0.717) is 22.8 Å². The maximum absolute atomic E-state index is 11.4. The standard InChI is InChI=1S/C17H23Cl2NO/c1-10(9-17(2,3)4)5-13(18)12-6-11-7-16(21)20-15(11)8-14(12)19/h6,8,10,13H,5,7,9H2,1-4H3,(H,20,21). The van der Waals surface area contributed by atoms with E-state index in [1.807, 2.05) is 12.1 Å². The van der Waals surface area contributed by atoms with Crippen molar-refractivity contribution in [3.8, 4) is 0 Å². The average Bonchev–Trinajstić information content (AvgIpc) is 2.64. The van der Waals surface area contributed by atoms with Crippen LogP contribution in [0, 0.1) is 11.3 Å². The normalized spacial score (nSPS) is 17.3. The first-order valence-electron chi connectivity index (χ1n) is 7.42. The maximum Gasteiger partial charge on any atom is 0.228 e. The molecule has 1 amide bonds. The highest BCUT2D eigenvalue weighted by atomic mass is 35.5. The Morgan fingerprint density at radius 2 is 2.00 bits per heavy atom. The maximum atomic E-state index is 11.4. The summed E-state index contributed by atoms with van der Waals surface area (Å²) >= 11 is 12.9. The third-order valence-corrected chi connectivity index (χ3v) is 4.50. The molecule has 1 aliphatic rings. The smallest absolute Gasteiger partial charge is 0.228 e. The highest BCUT2D eigenvalue weighted by molar-refractivity contribution is 6.33. The zero-order chi connectivity index (χ0) is 15.8. The Balaban J connectivity index is 2.11. The summed E-state index contributed by atoms with van der Waals surface area (Å²) in [6.07, 6.45) is 2.43. The number of benzene rings is 1. The van der Waals surface area contributed by atoms with Gasteiger partial charge in [-0.1, -0.05) is 45.4 Å². The summed E-state index contributed by atoms with van der Waals surface area (Å²) in [4.78, 5) is 11.4. The molecule has 1 heterocycles. The fourth-order valence-corrected chi connectivity index (χ4v) is 3.95. The fraction of sp³-hybridized carbons (Fsp3) is 0.588. The van der Waals surface area contributed by atoms with Crippen LogP contribution in [0.1, 0.15) is 57.0 Å². The van der Waals surface area contributed by atoms with Crippen LogP contribution in [0.5, 0.6) is 0 Å². The van der Waals surface area contributed by atoms with Crippen LogP contribution in [0.4, 0.5) is 5.69 Å². The number of anilines is 1. The predicted octanol–water partition coefficient (Wildman–Crippen LogP) is 5.58. The van der Waals surface area contributed by atoms with Crippen molar-refractivity contribution in [2.75, 3.05) is 5.32 Å². The van der Waals surface area contributed by atoms with E-state index in [4.69, 9.17) is 23.2 Å². The van der Waals surface area contributed by atoms with Crippen molar-refractivity contribution in [1.82, 2.24) is 0 Å². The van der Waals surface area contributed by atoms with E-state index in [1.165, 1.54) is 0 Å². The minimum absolute atomic E-state index is 0.0189. The van der Waals surface area contributed by atoms with E-state index in [-0.39, 0.29) is 11.3 Å². The molecule has 0 fully saturated rings. The van der Waals surface area contributed by atoms with Gasteiger partial charge in [-0.15, -0.1) is 11.6 Å². The van der Waals surface area contributed by atoms with Crippen molar-refractivity contribution < 1.29 is 4.79 Å². The van der Waals surface area contributed by atoms with E-state index >= 15 is 0 Å². The molecule has 1 aliphatic heterocycles. The van der Waals surface area contributed by atoms with Gasteiger partial charge in [0.1, 0.15) is 0 Å². The number of hydrogen-bond acceptors (Lipinski definition) is 1. The summed E-state index contributed by atoms with van der Waals surface area (Å²) in [5.74, 6) is 0.544. The first-order chi connectivity index (χ1) is 9.65. The second-order valence-corrected chi connectivity index (χ2v) is 8.26. The van der Waals surface area contributed by atoms with Crippen molar-refractivity contribution >= 4 is 34.8 Å². The number of carbonyl (C=O) groups is 1. The Morgan fingerprint density at radius 3 is 2.62 bits per heavy atom. The molecule has 0 bridgehead atoms.